The summed E-state index contributed by atoms with van der Waals surface area (Å²) in [7, 11) is 0. The summed E-state index contributed by atoms with van der Waals surface area (Å²) >= 11 is 0. The number of hydrogen-bond acceptors (Lipinski definition) is 4. The molecule has 2 amide bonds. The van der Waals surface area contributed by atoms with Gasteiger partial charge >= 0.3 is 0 Å². The summed E-state index contributed by atoms with van der Waals surface area (Å²) in [6.07, 6.45) is 3.34. The van der Waals surface area contributed by atoms with E-state index in [1.165, 1.54) is 18.5 Å². The maximum atomic E-state index is 12.3. The molecule has 2 aromatic carbocycles. The Bertz CT molecular complexity index is 854. The molecule has 1 aliphatic heterocycles. The van der Waals surface area contributed by atoms with Gasteiger partial charge in [-0.25, -0.2) is 0 Å². The van der Waals surface area contributed by atoms with Gasteiger partial charge in [-0.3, -0.25) is 9.59 Å². The van der Waals surface area contributed by atoms with E-state index in [4.69, 9.17) is 0 Å². The quantitative estimate of drug-likeness (QED) is 0.610. The first-order valence-corrected chi connectivity index (χ1v) is 10.7. The predicted octanol–water partition coefficient (Wildman–Crippen LogP) is 4.26. The van der Waals surface area contributed by atoms with Crippen molar-refractivity contribution in [2.75, 3.05) is 35.2 Å². The summed E-state index contributed by atoms with van der Waals surface area (Å²) in [6.45, 7) is 8.40. The van der Waals surface area contributed by atoms with Crippen LogP contribution in [0.1, 0.15) is 50.4 Å². The Morgan fingerprint density at radius 3 is 2.13 bits per heavy atom. The molecule has 0 atom stereocenters. The standard InChI is InChI=1S/C24H32N4O2/c1-4-24(2,3)27-23(30)18-7-9-19(10-8-18)25-17-22(29)26-20-11-13-21(14-12-20)28-15-5-6-16-28/h7-14,25H,4-6,15-17H2,1-3H3,(H,26,29)(H,27,30). The topological polar surface area (TPSA) is 73.5 Å². The monoisotopic (exact) mass is 408 g/mol. The van der Waals surface area contributed by atoms with Crippen molar-refractivity contribution in [3.8, 4) is 0 Å². The van der Waals surface area contributed by atoms with Crippen LogP contribution in [0.3, 0.4) is 0 Å². The summed E-state index contributed by atoms with van der Waals surface area (Å²) < 4.78 is 0. The third-order valence-corrected chi connectivity index (χ3v) is 5.56. The maximum absolute atomic E-state index is 12.3. The van der Waals surface area contributed by atoms with E-state index in [0.717, 1.165) is 30.9 Å². The molecule has 0 unspecified atom stereocenters. The zero-order chi connectivity index (χ0) is 21.6. The highest BCUT2D eigenvalue weighted by Gasteiger charge is 2.18. The highest BCUT2D eigenvalue weighted by atomic mass is 16.2. The predicted molar refractivity (Wildman–Crippen MR) is 123 cm³/mol. The Morgan fingerprint density at radius 1 is 0.933 bits per heavy atom. The number of rotatable bonds is 8. The van der Waals surface area contributed by atoms with E-state index in [0.29, 0.717) is 5.56 Å². The van der Waals surface area contributed by atoms with E-state index in [-0.39, 0.29) is 23.9 Å². The first-order valence-electron chi connectivity index (χ1n) is 10.7. The van der Waals surface area contributed by atoms with Gasteiger partial charge in [-0.15, -0.1) is 0 Å². The van der Waals surface area contributed by atoms with Gasteiger partial charge < -0.3 is 20.9 Å². The number of nitrogens with one attached hydrogen (secondary N) is 3. The third-order valence-electron chi connectivity index (χ3n) is 5.56. The van der Waals surface area contributed by atoms with Crippen LogP contribution in [0.25, 0.3) is 0 Å². The lowest BCUT2D eigenvalue weighted by Gasteiger charge is -2.24. The van der Waals surface area contributed by atoms with Crippen LogP contribution in [0, 0.1) is 0 Å². The number of anilines is 3. The molecule has 6 nitrogen and oxygen atoms in total. The minimum Gasteiger partial charge on any atom is -0.376 e. The maximum Gasteiger partial charge on any atom is 0.251 e. The van der Waals surface area contributed by atoms with E-state index in [2.05, 4.69) is 33.0 Å². The number of nitrogens with zero attached hydrogens (tertiary/aromatic N) is 1. The van der Waals surface area contributed by atoms with Crippen LogP contribution in [-0.4, -0.2) is 37.0 Å². The normalized spacial score (nSPS) is 13.8. The second-order valence-electron chi connectivity index (χ2n) is 8.41. The Morgan fingerprint density at radius 2 is 1.53 bits per heavy atom. The Hall–Kier alpha value is -3.02. The van der Waals surface area contributed by atoms with Crippen molar-refractivity contribution in [2.24, 2.45) is 0 Å². The number of hydrogen-bond donors (Lipinski definition) is 3. The van der Waals surface area contributed by atoms with Crippen LogP contribution in [-0.2, 0) is 4.79 Å². The van der Waals surface area contributed by atoms with E-state index in [9.17, 15) is 9.59 Å². The molecule has 2 aromatic rings. The number of carbonyl (C=O) groups is 2. The second kappa shape index (κ2) is 9.65. The number of carbonyl (C=O) groups excluding carboxylic acids is 2. The van der Waals surface area contributed by atoms with E-state index in [1.54, 1.807) is 12.1 Å². The number of benzene rings is 2. The average Bonchev–Trinajstić information content (AvgIpc) is 3.28. The molecule has 3 rings (SSSR count). The van der Waals surface area contributed by atoms with Crippen LogP contribution in [0.4, 0.5) is 17.1 Å². The number of amides is 2. The van der Waals surface area contributed by atoms with Crippen LogP contribution >= 0.6 is 0 Å². The molecule has 160 valence electrons. The first kappa shape index (κ1) is 21.7. The zero-order valence-corrected chi connectivity index (χ0v) is 18.1. The molecule has 0 bridgehead atoms. The molecule has 3 N–H and O–H groups in total. The average molecular weight is 409 g/mol. The van der Waals surface area contributed by atoms with E-state index >= 15 is 0 Å². The molecule has 1 saturated heterocycles. The smallest absolute Gasteiger partial charge is 0.251 e. The molecule has 0 radical (unpaired) electrons. The van der Waals surface area contributed by atoms with Crippen molar-refractivity contribution < 1.29 is 9.59 Å². The van der Waals surface area contributed by atoms with E-state index < -0.39 is 0 Å². The van der Waals surface area contributed by atoms with Gasteiger partial charge in [-0.05, 0) is 81.6 Å². The highest BCUT2D eigenvalue weighted by molar-refractivity contribution is 5.95. The van der Waals surface area contributed by atoms with Crippen molar-refractivity contribution in [1.82, 2.24) is 5.32 Å². The minimum absolute atomic E-state index is 0.0940. The van der Waals surface area contributed by atoms with Gasteiger partial charge in [-0.2, -0.15) is 0 Å². The summed E-state index contributed by atoms with van der Waals surface area (Å²) in [5, 5.41) is 9.02. The van der Waals surface area contributed by atoms with E-state index in [1.807, 2.05) is 45.0 Å². The molecule has 1 heterocycles. The van der Waals surface area contributed by atoms with Crippen molar-refractivity contribution in [1.29, 1.82) is 0 Å². The largest absolute Gasteiger partial charge is 0.376 e. The molecular formula is C24H32N4O2. The van der Waals surface area contributed by atoms with Crippen molar-refractivity contribution in [3.63, 3.8) is 0 Å². The molecule has 0 aromatic heterocycles. The van der Waals surface area contributed by atoms with Crippen molar-refractivity contribution >= 4 is 28.9 Å². The van der Waals surface area contributed by atoms with Crippen LogP contribution in [0.2, 0.25) is 0 Å². The summed E-state index contributed by atoms with van der Waals surface area (Å²) in [4.78, 5) is 26.9. The molecular weight excluding hydrogens is 376 g/mol. The summed E-state index contributed by atoms with van der Waals surface area (Å²) in [5.74, 6) is -0.209. The fraction of sp³-hybridized carbons (Fsp3) is 0.417. The highest BCUT2D eigenvalue weighted by Crippen LogP contribution is 2.22. The molecule has 6 heteroatoms. The summed E-state index contributed by atoms with van der Waals surface area (Å²) in [5.41, 5.74) is 3.15. The molecule has 1 aliphatic rings. The molecule has 0 spiro atoms. The van der Waals surface area contributed by atoms with Crippen molar-refractivity contribution in [3.05, 3.63) is 54.1 Å². The molecule has 0 aliphatic carbocycles. The lowest BCUT2D eigenvalue weighted by atomic mass is 10.0. The van der Waals surface area contributed by atoms with Gasteiger partial charge in [0.05, 0.1) is 6.54 Å². The fourth-order valence-electron chi connectivity index (χ4n) is 3.33. The van der Waals surface area contributed by atoms with Crippen LogP contribution in [0.5, 0.6) is 0 Å². The minimum atomic E-state index is -0.237. The molecule has 30 heavy (non-hydrogen) atoms. The first-order chi connectivity index (χ1) is 14.4. The van der Waals surface area contributed by atoms with Crippen molar-refractivity contribution in [2.45, 2.75) is 45.6 Å². The lowest BCUT2D eigenvalue weighted by Crippen LogP contribution is -2.42. The SMILES string of the molecule is CCC(C)(C)NC(=O)c1ccc(NCC(=O)Nc2ccc(N3CCCC3)cc2)cc1. The second-order valence-corrected chi connectivity index (χ2v) is 8.41. The van der Waals surface area contributed by atoms with Gasteiger partial charge in [0.1, 0.15) is 0 Å². The van der Waals surface area contributed by atoms with Gasteiger partial charge in [0.25, 0.3) is 5.91 Å². The van der Waals surface area contributed by atoms with Gasteiger partial charge in [0.2, 0.25) is 5.91 Å². The lowest BCUT2D eigenvalue weighted by molar-refractivity contribution is -0.114. The fourth-order valence-corrected chi connectivity index (χ4v) is 3.33. The summed E-state index contributed by atoms with van der Waals surface area (Å²) in [6, 6.07) is 15.1. The Balaban J connectivity index is 1.47. The molecule has 0 saturated carbocycles. The zero-order valence-electron chi connectivity index (χ0n) is 18.1. The Labute approximate surface area is 179 Å². The molecule has 1 fully saturated rings. The van der Waals surface area contributed by atoms with Crippen LogP contribution < -0.4 is 20.9 Å². The van der Waals surface area contributed by atoms with Gasteiger partial charge in [0, 0.05) is 41.3 Å². The van der Waals surface area contributed by atoms with Gasteiger partial charge in [-0.1, -0.05) is 6.92 Å². The van der Waals surface area contributed by atoms with Crippen LogP contribution in [0.15, 0.2) is 48.5 Å². The third kappa shape index (κ3) is 5.99. The van der Waals surface area contributed by atoms with Gasteiger partial charge in [0.15, 0.2) is 0 Å². The Kier molecular flexibility index (Phi) is 6.98.